The molecule has 0 fully saturated rings. The van der Waals surface area contributed by atoms with Gasteiger partial charge >= 0.3 is 0 Å². The van der Waals surface area contributed by atoms with Gasteiger partial charge in [0, 0.05) is 30.3 Å². The smallest absolute Gasteiger partial charge is 0.180 e. The van der Waals surface area contributed by atoms with Crippen LogP contribution in [0, 0.1) is 6.92 Å². The SMILES string of the molecule is Cc1ccccc1[C@H]1CC(=O)c2c1c1ccccc1n2C. The summed E-state index contributed by atoms with van der Waals surface area (Å²) >= 11 is 0. The maximum absolute atomic E-state index is 12.5. The molecule has 1 aromatic heterocycles. The number of Topliss-reactive ketones (excluding diaryl/α,β-unsaturated/α-hetero) is 1. The highest BCUT2D eigenvalue weighted by Crippen LogP contribution is 2.44. The first kappa shape index (κ1) is 12.4. The van der Waals surface area contributed by atoms with Gasteiger partial charge in [0.25, 0.3) is 0 Å². The molecule has 1 atom stereocenters. The van der Waals surface area contributed by atoms with Gasteiger partial charge in [0.1, 0.15) is 0 Å². The lowest BCUT2D eigenvalue weighted by Gasteiger charge is -2.13. The van der Waals surface area contributed by atoms with Gasteiger partial charge < -0.3 is 4.57 Å². The standard InChI is InChI=1S/C19H17NO/c1-12-7-3-4-8-13(12)15-11-17(21)19-18(15)14-9-5-6-10-16(14)20(19)2/h3-10,15H,11H2,1-2H3/t15-/m1/s1. The van der Waals surface area contributed by atoms with E-state index in [4.69, 9.17) is 0 Å². The van der Waals surface area contributed by atoms with Crippen LogP contribution in [0.1, 0.15) is 39.5 Å². The molecule has 2 nitrogen and oxygen atoms in total. The summed E-state index contributed by atoms with van der Waals surface area (Å²) in [4.78, 5) is 12.5. The van der Waals surface area contributed by atoms with E-state index in [-0.39, 0.29) is 11.7 Å². The maximum atomic E-state index is 12.5. The average Bonchev–Trinajstić information content (AvgIpc) is 2.98. The molecule has 0 N–H and O–H groups in total. The van der Waals surface area contributed by atoms with E-state index in [0.717, 1.165) is 11.2 Å². The highest BCUT2D eigenvalue weighted by atomic mass is 16.1. The maximum Gasteiger partial charge on any atom is 0.180 e. The molecule has 0 saturated heterocycles. The van der Waals surface area contributed by atoms with Crippen LogP contribution in [-0.2, 0) is 7.05 Å². The molecule has 1 aliphatic carbocycles. The number of ketones is 1. The second-order valence-electron chi connectivity index (χ2n) is 5.87. The lowest BCUT2D eigenvalue weighted by molar-refractivity contribution is 0.0984. The average molecular weight is 275 g/mol. The van der Waals surface area contributed by atoms with Crippen molar-refractivity contribution < 1.29 is 4.79 Å². The van der Waals surface area contributed by atoms with E-state index >= 15 is 0 Å². The molecule has 0 spiro atoms. The first-order chi connectivity index (χ1) is 10.2. The number of rotatable bonds is 1. The molecule has 0 saturated carbocycles. The van der Waals surface area contributed by atoms with Crippen LogP contribution in [-0.4, -0.2) is 10.4 Å². The number of aryl methyl sites for hydroxylation is 2. The zero-order valence-electron chi connectivity index (χ0n) is 12.3. The van der Waals surface area contributed by atoms with Crippen LogP contribution in [0.2, 0.25) is 0 Å². The minimum Gasteiger partial charge on any atom is -0.341 e. The minimum atomic E-state index is 0.194. The van der Waals surface area contributed by atoms with Crippen molar-refractivity contribution in [3.63, 3.8) is 0 Å². The number of benzene rings is 2. The number of hydrogen-bond donors (Lipinski definition) is 0. The number of nitrogens with zero attached hydrogens (tertiary/aromatic N) is 1. The molecule has 2 aromatic carbocycles. The molecule has 4 rings (SSSR count). The fourth-order valence-electron chi connectivity index (χ4n) is 3.74. The summed E-state index contributed by atoms with van der Waals surface area (Å²) in [6.45, 7) is 2.13. The second kappa shape index (κ2) is 4.32. The Bertz CT molecular complexity index is 872. The summed E-state index contributed by atoms with van der Waals surface area (Å²) in [6, 6.07) is 16.7. The molecule has 0 aliphatic heterocycles. The van der Waals surface area contributed by atoms with E-state index in [1.165, 1.54) is 22.1 Å². The Morgan fingerprint density at radius 3 is 2.57 bits per heavy atom. The fraction of sp³-hybridized carbons (Fsp3) is 0.211. The molecule has 1 aliphatic rings. The van der Waals surface area contributed by atoms with Crippen molar-refractivity contribution in [2.75, 3.05) is 0 Å². The highest BCUT2D eigenvalue weighted by molar-refractivity contribution is 6.07. The molecule has 0 radical (unpaired) electrons. The van der Waals surface area contributed by atoms with Crippen LogP contribution in [0.3, 0.4) is 0 Å². The van der Waals surface area contributed by atoms with E-state index < -0.39 is 0 Å². The van der Waals surface area contributed by atoms with Gasteiger partial charge in [0.05, 0.1) is 5.69 Å². The monoisotopic (exact) mass is 275 g/mol. The number of hydrogen-bond acceptors (Lipinski definition) is 1. The Labute approximate surface area is 124 Å². The topological polar surface area (TPSA) is 22.0 Å². The predicted octanol–water partition coefficient (Wildman–Crippen LogP) is 4.21. The van der Waals surface area contributed by atoms with Crippen LogP contribution in [0.25, 0.3) is 10.9 Å². The Morgan fingerprint density at radius 1 is 1.05 bits per heavy atom. The highest BCUT2D eigenvalue weighted by Gasteiger charge is 2.36. The zero-order valence-corrected chi connectivity index (χ0v) is 12.3. The predicted molar refractivity (Wildman–Crippen MR) is 84.9 cm³/mol. The van der Waals surface area contributed by atoms with Crippen molar-refractivity contribution >= 4 is 16.7 Å². The second-order valence-corrected chi connectivity index (χ2v) is 5.87. The number of para-hydroxylation sites is 1. The first-order valence-electron chi connectivity index (χ1n) is 7.34. The van der Waals surface area contributed by atoms with Gasteiger partial charge in [-0.15, -0.1) is 0 Å². The Kier molecular flexibility index (Phi) is 2.55. The van der Waals surface area contributed by atoms with Gasteiger partial charge in [-0.3, -0.25) is 4.79 Å². The van der Waals surface area contributed by atoms with Crippen molar-refractivity contribution in [3.05, 3.63) is 70.9 Å². The van der Waals surface area contributed by atoms with Crippen LogP contribution in [0.4, 0.5) is 0 Å². The summed E-state index contributed by atoms with van der Waals surface area (Å²) in [5.41, 5.74) is 5.79. The molecule has 0 bridgehead atoms. The van der Waals surface area contributed by atoms with Crippen LogP contribution in [0.15, 0.2) is 48.5 Å². The van der Waals surface area contributed by atoms with Gasteiger partial charge in [0.2, 0.25) is 0 Å². The van der Waals surface area contributed by atoms with Crippen LogP contribution < -0.4 is 0 Å². The quantitative estimate of drug-likeness (QED) is 0.652. The third-order valence-corrected chi connectivity index (χ3v) is 4.71. The van der Waals surface area contributed by atoms with E-state index in [0.29, 0.717) is 6.42 Å². The molecule has 0 unspecified atom stereocenters. The molecule has 21 heavy (non-hydrogen) atoms. The summed E-state index contributed by atoms with van der Waals surface area (Å²) in [5.74, 6) is 0.455. The van der Waals surface area contributed by atoms with E-state index in [1.54, 1.807) is 0 Å². The van der Waals surface area contributed by atoms with Gasteiger partial charge in [-0.05, 0) is 29.7 Å². The molecule has 2 heteroatoms. The first-order valence-corrected chi connectivity index (χ1v) is 7.34. The van der Waals surface area contributed by atoms with E-state index in [9.17, 15) is 4.79 Å². The Hall–Kier alpha value is -2.35. The molecule has 104 valence electrons. The van der Waals surface area contributed by atoms with Crippen molar-refractivity contribution in [3.8, 4) is 0 Å². The lowest BCUT2D eigenvalue weighted by atomic mass is 9.89. The number of fused-ring (bicyclic) bond motifs is 3. The normalized spacial score (nSPS) is 17.4. The molecular formula is C19H17NO. The zero-order chi connectivity index (χ0) is 14.6. The molecule has 3 aromatic rings. The van der Waals surface area contributed by atoms with Crippen LogP contribution >= 0.6 is 0 Å². The van der Waals surface area contributed by atoms with Crippen LogP contribution in [0.5, 0.6) is 0 Å². The summed E-state index contributed by atoms with van der Waals surface area (Å²) in [5, 5.41) is 1.22. The van der Waals surface area contributed by atoms with E-state index in [2.05, 4.69) is 54.0 Å². The van der Waals surface area contributed by atoms with Crippen molar-refractivity contribution in [1.82, 2.24) is 4.57 Å². The van der Waals surface area contributed by atoms with Gasteiger partial charge in [-0.2, -0.15) is 0 Å². The number of carbonyl (C=O) groups excluding carboxylic acids is 1. The Morgan fingerprint density at radius 2 is 1.76 bits per heavy atom. The van der Waals surface area contributed by atoms with Crippen molar-refractivity contribution in [1.29, 1.82) is 0 Å². The molecular weight excluding hydrogens is 258 g/mol. The van der Waals surface area contributed by atoms with Crippen molar-refractivity contribution in [2.45, 2.75) is 19.3 Å². The summed E-state index contributed by atoms with van der Waals surface area (Å²) < 4.78 is 2.06. The third kappa shape index (κ3) is 1.62. The van der Waals surface area contributed by atoms with Gasteiger partial charge in [0.15, 0.2) is 5.78 Å². The number of aromatic nitrogens is 1. The lowest BCUT2D eigenvalue weighted by Crippen LogP contribution is -2.02. The van der Waals surface area contributed by atoms with Crippen molar-refractivity contribution in [2.24, 2.45) is 7.05 Å². The largest absolute Gasteiger partial charge is 0.341 e. The summed E-state index contributed by atoms with van der Waals surface area (Å²) in [7, 11) is 2.00. The third-order valence-electron chi connectivity index (χ3n) is 4.71. The Balaban J connectivity index is 2.04. The molecule has 1 heterocycles. The molecule has 0 amide bonds. The fourth-order valence-corrected chi connectivity index (χ4v) is 3.74. The minimum absolute atomic E-state index is 0.194. The van der Waals surface area contributed by atoms with Gasteiger partial charge in [-0.25, -0.2) is 0 Å². The van der Waals surface area contributed by atoms with Gasteiger partial charge in [-0.1, -0.05) is 42.5 Å². The summed E-state index contributed by atoms with van der Waals surface area (Å²) in [6.07, 6.45) is 0.591. The van der Waals surface area contributed by atoms with E-state index in [1.807, 2.05) is 13.1 Å². The number of carbonyl (C=O) groups is 1.